The van der Waals surface area contributed by atoms with E-state index in [4.69, 9.17) is 21.8 Å². The van der Waals surface area contributed by atoms with Gasteiger partial charge in [-0.1, -0.05) is 42.1 Å². The number of nitrogens with two attached hydrogens (primary N) is 1. The van der Waals surface area contributed by atoms with Crippen molar-refractivity contribution in [3.05, 3.63) is 83.0 Å². The molecule has 2 aromatic carbocycles. The lowest BCUT2D eigenvalue weighted by molar-refractivity contribution is -0.132. The van der Waals surface area contributed by atoms with E-state index in [0.717, 1.165) is 22.3 Å². The number of thioether (sulfide) groups is 1. The van der Waals surface area contributed by atoms with Gasteiger partial charge in [-0.3, -0.25) is 15.0 Å². The lowest BCUT2D eigenvalue weighted by Gasteiger charge is -2.15. The minimum atomic E-state index is -3.78. The fourth-order valence-corrected chi connectivity index (χ4v) is 4.71. The van der Waals surface area contributed by atoms with Crippen LogP contribution in [0.3, 0.4) is 0 Å². The number of amides is 2. The molecule has 11 heteroatoms. The van der Waals surface area contributed by atoms with Crippen molar-refractivity contribution in [2.75, 3.05) is 0 Å². The first-order valence-corrected chi connectivity index (χ1v) is 12.3. The molecule has 4 rings (SSSR count). The van der Waals surface area contributed by atoms with E-state index in [2.05, 4.69) is 5.43 Å². The lowest BCUT2D eigenvalue weighted by atomic mass is 10.1. The van der Waals surface area contributed by atoms with E-state index in [0.29, 0.717) is 22.0 Å². The molecule has 0 aliphatic carbocycles. The smallest absolute Gasteiger partial charge is 0.285 e. The van der Waals surface area contributed by atoms with E-state index in [-0.39, 0.29) is 21.5 Å². The number of sulfonamides is 1. The van der Waals surface area contributed by atoms with Crippen LogP contribution in [0.15, 0.2) is 80.9 Å². The molecular weight excluding hydrogens is 482 g/mol. The number of hydrogen-bond donors (Lipinski definition) is 2. The molecule has 2 amide bonds. The highest BCUT2D eigenvalue weighted by Crippen LogP contribution is 2.32. The Morgan fingerprint density at radius 1 is 1.09 bits per heavy atom. The van der Waals surface area contributed by atoms with Gasteiger partial charge in [0.25, 0.3) is 5.91 Å². The molecule has 168 valence electrons. The number of benzene rings is 2. The predicted molar refractivity (Wildman–Crippen MR) is 129 cm³/mol. The minimum Gasteiger partial charge on any atom is -0.457 e. The van der Waals surface area contributed by atoms with Crippen LogP contribution in [-0.2, 0) is 26.0 Å². The van der Waals surface area contributed by atoms with Crippen LogP contribution in [0.25, 0.3) is 17.4 Å². The first-order valence-electron chi connectivity index (χ1n) is 9.55. The van der Waals surface area contributed by atoms with Gasteiger partial charge in [-0.2, -0.15) is 5.01 Å². The van der Waals surface area contributed by atoms with Crippen molar-refractivity contribution in [2.45, 2.75) is 11.3 Å². The van der Waals surface area contributed by atoms with Crippen molar-refractivity contribution in [2.24, 2.45) is 5.14 Å². The Kier molecular flexibility index (Phi) is 6.47. The highest BCUT2D eigenvalue weighted by atomic mass is 32.2. The summed E-state index contributed by atoms with van der Waals surface area (Å²) in [5, 5.41) is 6.16. The molecule has 3 aromatic rings. The Balaban J connectivity index is 1.45. The number of thiocarbonyl (C=S) groups is 1. The van der Waals surface area contributed by atoms with Crippen LogP contribution in [0.1, 0.15) is 11.3 Å². The van der Waals surface area contributed by atoms with E-state index >= 15 is 0 Å². The van der Waals surface area contributed by atoms with Gasteiger partial charge in [0.2, 0.25) is 15.9 Å². The molecule has 0 atom stereocenters. The summed E-state index contributed by atoms with van der Waals surface area (Å²) in [6, 6.07) is 18.4. The van der Waals surface area contributed by atoms with Gasteiger partial charge in [-0.05, 0) is 54.2 Å². The van der Waals surface area contributed by atoms with Crippen molar-refractivity contribution in [1.29, 1.82) is 0 Å². The van der Waals surface area contributed by atoms with Crippen molar-refractivity contribution in [3.8, 4) is 11.3 Å². The van der Waals surface area contributed by atoms with Gasteiger partial charge < -0.3 is 4.42 Å². The zero-order valence-electron chi connectivity index (χ0n) is 16.9. The number of rotatable bonds is 6. The molecule has 8 nitrogen and oxygen atoms in total. The third-order valence-electron chi connectivity index (χ3n) is 4.61. The number of furan rings is 1. The van der Waals surface area contributed by atoms with E-state index in [1.54, 1.807) is 24.3 Å². The Morgan fingerprint density at radius 2 is 1.79 bits per heavy atom. The number of carbonyl (C=O) groups excluding carboxylic acids is 2. The van der Waals surface area contributed by atoms with Gasteiger partial charge in [0, 0.05) is 11.6 Å². The van der Waals surface area contributed by atoms with Crippen LogP contribution in [0.5, 0.6) is 0 Å². The van der Waals surface area contributed by atoms with Gasteiger partial charge in [-0.15, -0.1) is 0 Å². The minimum absolute atomic E-state index is 0.00369. The van der Waals surface area contributed by atoms with E-state index < -0.39 is 15.9 Å². The van der Waals surface area contributed by atoms with Crippen molar-refractivity contribution < 1.29 is 22.4 Å². The maximum atomic E-state index is 12.7. The summed E-state index contributed by atoms with van der Waals surface area (Å²) < 4.78 is 28.8. The molecule has 1 aliphatic rings. The average molecular weight is 500 g/mol. The molecule has 1 aliphatic heterocycles. The van der Waals surface area contributed by atoms with Gasteiger partial charge in [0.15, 0.2) is 4.32 Å². The Hall–Kier alpha value is -3.25. The average Bonchev–Trinajstić information content (AvgIpc) is 3.34. The third-order valence-corrected chi connectivity index (χ3v) is 6.84. The van der Waals surface area contributed by atoms with Crippen LogP contribution < -0.4 is 10.6 Å². The Labute approximate surface area is 199 Å². The summed E-state index contributed by atoms with van der Waals surface area (Å²) in [7, 11) is -3.78. The highest BCUT2D eigenvalue weighted by Gasteiger charge is 2.33. The molecule has 2 heterocycles. The van der Waals surface area contributed by atoms with Crippen molar-refractivity contribution in [1.82, 2.24) is 10.4 Å². The second-order valence-electron chi connectivity index (χ2n) is 6.99. The van der Waals surface area contributed by atoms with E-state index in [1.165, 1.54) is 18.2 Å². The zero-order valence-corrected chi connectivity index (χ0v) is 19.4. The second kappa shape index (κ2) is 9.32. The normalized spacial score (nSPS) is 15.3. The molecule has 33 heavy (non-hydrogen) atoms. The standard InChI is InChI=1S/C22H17N3O5S3/c23-33(28,29)17-9-6-15(7-10-17)18-11-8-16(30-18)13-19-21(27)25(22(31)32-19)24-20(26)12-14-4-2-1-3-5-14/h1-11,13H,12H2,(H,24,26)(H2,23,28,29)/b19-13-. The topological polar surface area (TPSA) is 123 Å². The molecule has 0 unspecified atom stereocenters. The number of hydrogen-bond acceptors (Lipinski definition) is 7. The molecule has 0 radical (unpaired) electrons. The van der Waals surface area contributed by atoms with Crippen LogP contribution in [0.2, 0.25) is 0 Å². The Morgan fingerprint density at radius 3 is 2.45 bits per heavy atom. The fraction of sp³-hybridized carbons (Fsp3) is 0.0455. The molecule has 1 saturated heterocycles. The molecule has 1 fully saturated rings. The summed E-state index contributed by atoms with van der Waals surface area (Å²) in [6.07, 6.45) is 1.65. The number of hydrazine groups is 1. The summed E-state index contributed by atoms with van der Waals surface area (Å²) in [4.78, 5) is 25.3. The van der Waals surface area contributed by atoms with Crippen LogP contribution >= 0.6 is 24.0 Å². The summed E-state index contributed by atoms with van der Waals surface area (Å²) >= 11 is 6.29. The fourth-order valence-electron chi connectivity index (χ4n) is 3.03. The number of nitrogens with one attached hydrogen (secondary N) is 1. The lowest BCUT2D eigenvalue weighted by Crippen LogP contribution is -2.45. The Bertz CT molecular complexity index is 1360. The van der Waals surface area contributed by atoms with Gasteiger partial charge in [0.05, 0.1) is 16.2 Å². The molecule has 0 saturated carbocycles. The predicted octanol–water partition coefficient (Wildman–Crippen LogP) is 3.07. The van der Waals surface area contributed by atoms with E-state index in [1.807, 2.05) is 30.3 Å². The molecular formula is C22H17N3O5S3. The first-order chi connectivity index (χ1) is 15.7. The summed E-state index contributed by atoms with van der Waals surface area (Å²) in [5.74, 6) is 0.0642. The molecule has 1 aromatic heterocycles. The van der Waals surface area contributed by atoms with E-state index in [9.17, 15) is 18.0 Å². The summed E-state index contributed by atoms with van der Waals surface area (Å²) in [5.41, 5.74) is 4.00. The van der Waals surface area contributed by atoms with Gasteiger partial charge in [0.1, 0.15) is 11.5 Å². The first kappa shape index (κ1) is 22.9. The van der Waals surface area contributed by atoms with Crippen LogP contribution in [-0.4, -0.2) is 29.6 Å². The molecule has 0 bridgehead atoms. The molecule has 0 spiro atoms. The van der Waals surface area contributed by atoms with Gasteiger partial charge >= 0.3 is 0 Å². The third kappa shape index (κ3) is 5.40. The quantitative estimate of drug-likeness (QED) is 0.395. The monoisotopic (exact) mass is 499 g/mol. The van der Waals surface area contributed by atoms with Crippen LogP contribution in [0.4, 0.5) is 0 Å². The SMILES string of the molecule is NS(=O)(=O)c1ccc(-c2ccc(/C=C3\SC(=S)N(NC(=O)Cc4ccccc4)C3=O)o2)cc1. The van der Waals surface area contributed by atoms with Gasteiger partial charge in [-0.25, -0.2) is 13.6 Å². The van der Waals surface area contributed by atoms with Crippen molar-refractivity contribution >= 4 is 56.2 Å². The highest BCUT2D eigenvalue weighted by molar-refractivity contribution is 8.26. The van der Waals surface area contributed by atoms with Crippen molar-refractivity contribution in [3.63, 3.8) is 0 Å². The maximum Gasteiger partial charge on any atom is 0.285 e. The maximum absolute atomic E-state index is 12.7. The number of carbonyl (C=O) groups is 2. The number of nitrogens with zero attached hydrogens (tertiary/aromatic N) is 1. The van der Waals surface area contributed by atoms with Crippen LogP contribution in [0, 0.1) is 0 Å². The molecule has 3 N–H and O–H groups in total. The number of primary sulfonamides is 1. The zero-order chi connectivity index (χ0) is 23.6. The second-order valence-corrected chi connectivity index (χ2v) is 10.2. The largest absolute Gasteiger partial charge is 0.457 e. The summed E-state index contributed by atoms with van der Waals surface area (Å²) in [6.45, 7) is 0.